The largest absolute Gasteiger partial charge is 0.540 e. The average molecular weight is 767 g/mol. The summed E-state index contributed by atoms with van der Waals surface area (Å²) in [5.74, 6) is 0. The van der Waals surface area contributed by atoms with E-state index in [1.807, 2.05) is 13.8 Å². The molecule has 0 spiro atoms. The van der Waals surface area contributed by atoms with Crippen molar-refractivity contribution >= 4 is 6.29 Å². The second kappa shape index (κ2) is 34.6. The maximum Gasteiger partial charge on any atom is 0.0421 e. The van der Waals surface area contributed by atoms with E-state index in [-0.39, 0.29) is 235 Å². The van der Waals surface area contributed by atoms with Crippen LogP contribution in [0.4, 0.5) is 0 Å². The zero-order valence-corrected chi connectivity index (χ0v) is 30.5. The van der Waals surface area contributed by atoms with Gasteiger partial charge in [-0.15, -0.1) is 0 Å². The number of aliphatic hydroxyl groups is 1. The number of nitrogens with one attached hydrogen (secondary N) is 1. The smallest absolute Gasteiger partial charge is 0.0421 e. The van der Waals surface area contributed by atoms with Gasteiger partial charge in [0.05, 0.1) is 0 Å². The van der Waals surface area contributed by atoms with Crippen LogP contribution in [0.1, 0.15) is 20.8 Å². The molecule has 0 aromatic rings. The number of carbonyl (C=O) groups excluding carboxylic acids is 1. The monoisotopic (exact) mass is 766 g/mol. The predicted octanol–water partition coefficient (Wildman–Crippen LogP) is -0.174. The van der Waals surface area contributed by atoms with Gasteiger partial charge in [0, 0.05) is 235 Å². The Morgan fingerprint density at radius 1 is 0.882 bits per heavy atom. The molecule has 0 saturated carbocycles. The molecule has 17 heavy (non-hydrogen) atoms. The summed E-state index contributed by atoms with van der Waals surface area (Å²) < 4.78 is 0. The van der Waals surface area contributed by atoms with Crippen LogP contribution in [0, 0.1) is 0 Å². The van der Waals surface area contributed by atoms with Crippen LogP contribution in [0.3, 0.4) is 0 Å². The first-order valence-electron chi connectivity index (χ1n) is 3.39. The molecule has 0 unspecified atom stereocenters. The molecule has 3 nitrogen and oxygen atoms in total. The minimum atomic E-state index is -0.667. The summed E-state index contributed by atoms with van der Waals surface area (Å²) in [6.07, 6.45) is 1.05. The van der Waals surface area contributed by atoms with Gasteiger partial charge in [0.15, 0.2) is 0 Å². The molecular formula is C7H14NO2Y7-. The van der Waals surface area contributed by atoms with Gasteiger partial charge in [0.25, 0.3) is 0 Å². The van der Waals surface area contributed by atoms with Gasteiger partial charge in [-0.1, -0.05) is 19.9 Å². The predicted molar refractivity (Wildman–Crippen MR) is 39.4 cm³/mol. The minimum absolute atomic E-state index is 0. The van der Waals surface area contributed by atoms with Crippen LogP contribution in [0.2, 0.25) is 0 Å². The van der Waals surface area contributed by atoms with E-state index in [1.54, 1.807) is 13.2 Å². The fourth-order valence-corrected chi connectivity index (χ4v) is 0.631. The SMILES string of the molecule is CC(C)N[C@H]([C-]=O)[C@@H](C)O.[Y].[Y].[Y].[Y].[Y].[Y].[Y]. The molecule has 7 radical (unpaired) electrons. The summed E-state index contributed by atoms with van der Waals surface area (Å²) in [5, 5.41) is 11.8. The van der Waals surface area contributed by atoms with Gasteiger partial charge in [-0.05, 0) is 13.0 Å². The van der Waals surface area contributed by atoms with E-state index in [1.165, 1.54) is 0 Å². The topological polar surface area (TPSA) is 49.3 Å². The van der Waals surface area contributed by atoms with E-state index < -0.39 is 12.1 Å². The Hall–Kier alpha value is 7.32. The van der Waals surface area contributed by atoms with E-state index in [2.05, 4.69) is 5.32 Å². The normalized spacial score (nSPS) is 9.94. The fourth-order valence-electron chi connectivity index (χ4n) is 0.631. The van der Waals surface area contributed by atoms with Crippen LogP contribution < -0.4 is 5.32 Å². The van der Waals surface area contributed by atoms with Crippen LogP contribution in [0.15, 0.2) is 0 Å². The number of aliphatic hydroxyl groups excluding tert-OH is 1. The number of hydrogen-bond acceptors (Lipinski definition) is 3. The summed E-state index contributed by atoms with van der Waals surface area (Å²) in [5.41, 5.74) is 0. The fraction of sp³-hybridized carbons (Fsp3) is 0.857. The molecule has 10 heteroatoms. The molecule has 0 saturated heterocycles. The Bertz CT molecular complexity index is 118. The third kappa shape index (κ3) is 35.3. The Kier molecular flexibility index (Phi) is 101. The van der Waals surface area contributed by atoms with Gasteiger partial charge in [0.1, 0.15) is 0 Å². The summed E-state index contributed by atoms with van der Waals surface area (Å²) in [6, 6.07) is -0.360. The molecule has 0 aliphatic carbocycles. The van der Waals surface area contributed by atoms with Gasteiger partial charge >= 0.3 is 0 Å². The summed E-state index contributed by atoms with van der Waals surface area (Å²) in [6.45, 7) is 5.38. The first-order chi connectivity index (χ1) is 4.57. The second-order valence-corrected chi connectivity index (χ2v) is 2.66. The number of rotatable bonds is 4. The van der Waals surface area contributed by atoms with E-state index in [0.29, 0.717) is 0 Å². The molecule has 2 N–H and O–H groups in total. The quantitative estimate of drug-likeness (QED) is 0.392. The molecule has 2 atom stereocenters. The van der Waals surface area contributed by atoms with E-state index in [0.717, 1.165) is 0 Å². The van der Waals surface area contributed by atoms with Crippen molar-refractivity contribution in [3.05, 3.63) is 0 Å². The van der Waals surface area contributed by atoms with Gasteiger partial charge < -0.3 is 15.2 Å². The third-order valence-electron chi connectivity index (χ3n) is 1.12. The molecule has 0 aliphatic rings. The zero-order valence-electron chi connectivity index (χ0n) is 10.6. The van der Waals surface area contributed by atoms with E-state index >= 15 is 0 Å². The van der Waals surface area contributed by atoms with Crippen molar-refractivity contribution in [2.45, 2.75) is 39.0 Å². The van der Waals surface area contributed by atoms with Crippen LogP contribution >= 0.6 is 0 Å². The Labute approximate surface area is 281 Å². The van der Waals surface area contributed by atoms with E-state index in [4.69, 9.17) is 5.11 Å². The first-order valence-corrected chi connectivity index (χ1v) is 3.39. The minimum Gasteiger partial charge on any atom is -0.540 e. The van der Waals surface area contributed by atoms with Gasteiger partial charge in [-0.25, -0.2) is 6.29 Å². The summed E-state index contributed by atoms with van der Waals surface area (Å²) in [4.78, 5) is 10.1. The summed E-state index contributed by atoms with van der Waals surface area (Å²) >= 11 is 0. The van der Waals surface area contributed by atoms with Crippen LogP contribution in [-0.2, 0) is 234 Å². The molecule has 81 valence electrons. The molecule has 0 rings (SSSR count). The number of hydrogen-bond donors (Lipinski definition) is 2. The third-order valence-corrected chi connectivity index (χ3v) is 1.12. The van der Waals surface area contributed by atoms with Crippen molar-refractivity contribution in [1.29, 1.82) is 0 Å². The molecule has 0 bridgehead atoms. The summed E-state index contributed by atoms with van der Waals surface area (Å²) in [7, 11) is 0. The van der Waals surface area contributed by atoms with Gasteiger partial charge in [0.2, 0.25) is 0 Å². The molecule has 0 aromatic carbocycles. The first kappa shape index (κ1) is 49.7. The molecule has 0 heterocycles. The maximum atomic E-state index is 10.1. The van der Waals surface area contributed by atoms with Gasteiger partial charge in [-0.2, -0.15) is 0 Å². The van der Waals surface area contributed by atoms with Crippen LogP contribution in [-0.4, -0.2) is 29.6 Å². The van der Waals surface area contributed by atoms with Crippen molar-refractivity contribution < 1.29 is 239 Å². The van der Waals surface area contributed by atoms with Gasteiger partial charge in [-0.3, -0.25) is 0 Å². The van der Waals surface area contributed by atoms with Crippen LogP contribution in [0.25, 0.3) is 0 Å². The molecular weight excluding hydrogens is 752 g/mol. The Balaban J connectivity index is -0.0000000193. The maximum absolute atomic E-state index is 10.1. The molecule has 0 amide bonds. The molecule has 0 aliphatic heterocycles. The van der Waals surface area contributed by atoms with E-state index in [9.17, 15) is 4.79 Å². The van der Waals surface area contributed by atoms with Crippen molar-refractivity contribution in [2.75, 3.05) is 0 Å². The van der Waals surface area contributed by atoms with Crippen molar-refractivity contribution in [2.24, 2.45) is 0 Å². The second-order valence-electron chi connectivity index (χ2n) is 2.66. The van der Waals surface area contributed by atoms with Crippen LogP contribution in [0.5, 0.6) is 0 Å². The van der Waals surface area contributed by atoms with Crippen molar-refractivity contribution in [3.8, 4) is 0 Å². The average Bonchev–Trinajstić information content (AvgIpc) is 1.81. The Morgan fingerprint density at radius 3 is 1.24 bits per heavy atom. The van der Waals surface area contributed by atoms with Crippen molar-refractivity contribution in [1.82, 2.24) is 5.32 Å². The standard InChI is InChI=1S/C7H14NO2.7Y/c1-5(2)8-7(4-9)6(3)10;;;;;;;/h5-8,10H,1-3H3;;;;;;;/q-1;;;;;;;/t6-,7-;;;;;;;/m1......./s1. The molecule has 0 aromatic heterocycles. The van der Waals surface area contributed by atoms with Crippen molar-refractivity contribution in [3.63, 3.8) is 0 Å². The molecule has 0 fully saturated rings. The zero-order chi connectivity index (χ0) is 8.15. The Morgan fingerprint density at radius 2 is 1.18 bits per heavy atom.